The number of nitrogens with two attached hydrogens (primary N) is 2. The maximum absolute atomic E-state index is 5.45. The standard InChI is InChI=1S/C5H6BrN3/c6-3-1-2-9-5(8)4(3)7/h1-2H,7H2,(H2,8,9). The molecule has 0 saturated carbocycles. The number of nitrogens with zero attached hydrogens (tertiary/aromatic N) is 1. The fourth-order valence-corrected chi connectivity index (χ4v) is 0.786. The molecule has 0 aliphatic heterocycles. The van der Waals surface area contributed by atoms with E-state index in [0.717, 1.165) is 4.47 Å². The summed E-state index contributed by atoms with van der Waals surface area (Å²) in [5.41, 5.74) is 11.3. The first-order valence-corrected chi connectivity index (χ1v) is 3.16. The number of hydrogen-bond donors (Lipinski definition) is 2. The van der Waals surface area contributed by atoms with Crippen molar-refractivity contribution in [3.8, 4) is 0 Å². The highest BCUT2D eigenvalue weighted by atomic mass is 79.9. The molecule has 0 radical (unpaired) electrons. The van der Waals surface area contributed by atoms with Crippen molar-refractivity contribution < 1.29 is 0 Å². The number of rotatable bonds is 0. The molecular formula is C5H6BrN3. The molecule has 1 heterocycles. The fourth-order valence-electron chi connectivity index (χ4n) is 0.465. The minimum Gasteiger partial charge on any atom is -0.395 e. The van der Waals surface area contributed by atoms with Gasteiger partial charge in [0.2, 0.25) is 0 Å². The maximum atomic E-state index is 5.45. The molecular weight excluding hydrogens is 182 g/mol. The first-order chi connectivity index (χ1) is 4.22. The third-order valence-corrected chi connectivity index (χ3v) is 1.66. The molecule has 1 rings (SSSR count). The van der Waals surface area contributed by atoms with Crippen LogP contribution in [0, 0.1) is 0 Å². The van der Waals surface area contributed by atoms with E-state index in [4.69, 9.17) is 11.5 Å². The van der Waals surface area contributed by atoms with Crippen molar-refractivity contribution >= 4 is 27.4 Å². The molecule has 0 fully saturated rings. The zero-order valence-electron chi connectivity index (χ0n) is 4.63. The van der Waals surface area contributed by atoms with Crippen LogP contribution in [0.2, 0.25) is 0 Å². The van der Waals surface area contributed by atoms with Gasteiger partial charge in [0.25, 0.3) is 0 Å². The Labute approximate surface area is 61.2 Å². The van der Waals surface area contributed by atoms with Crippen LogP contribution in [-0.4, -0.2) is 4.98 Å². The summed E-state index contributed by atoms with van der Waals surface area (Å²) in [6.07, 6.45) is 1.59. The Morgan fingerprint density at radius 1 is 1.44 bits per heavy atom. The van der Waals surface area contributed by atoms with E-state index >= 15 is 0 Å². The van der Waals surface area contributed by atoms with Gasteiger partial charge in [0.1, 0.15) is 5.82 Å². The Morgan fingerprint density at radius 3 is 2.56 bits per heavy atom. The van der Waals surface area contributed by atoms with Gasteiger partial charge in [-0.15, -0.1) is 0 Å². The van der Waals surface area contributed by atoms with E-state index in [9.17, 15) is 0 Å². The van der Waals surface area contributed by atoms with Gasteiger partial charge in [-0.25, -0.2) is 4.98 Å². The molecule has 9 heavy (non-hydrogen) atoms. The second-order valence-corrected chi connectivity index (χ2v) is 2.45. The number of anilines is 2. The lowest BCUT2D eigenvalue weighted by atomic mass is 10.4. The zero-order chi connectivity index (χ0) is 6.85. The summed E-state index contributed by atoms with van der Waals surface area (Å²) in [5.74, 6) is 0.365. The largest absolute Gasteiger partial charge is 0.395 e. The number of nitrogen functional groups attached to an aromatic ring is 2. The molecule has 0 aliphatic carbocycles. The highest BCUT2D eigenvalue weighted by molar-refractivity contribution is 9.10. The van der Waals surface area contributed by atoms with E-state index in [1.807, 2.05) is 0 Å². The van der Waals surface area contributed by atoms with Crippen LogP contribution < -0.4 is 11.5 Å². The van der Waals surface area contributed by atoms with Crippen molar-refractivity contribution in [3.05, 3.63) is 16.7 Å². The van der Waals surface area contributed by atoms with Crippen molar-refractivity contribution in [2.45, 2.75) is 0 Å². The Hall–Kier alpha value is -0.770. The van der Waals surface area contributed by atoms with Crippen LogP contribution in [0.4, 0.5) is 11.5 Å². The minimum atomic E-state index is 0.365. The summed E-state index contributed by atoms with van der Waals surface area (Å²) >= 11 is 3.20. The Balaban J connectivity index is 3.25. The third kappa shape index (κ3) is 1.13. The highest BCUT2D eigenvalue weighted by Gasteiger charge is 1.96. The van der Waals surface area contributed by atoms with Crippen molar-refractivity contribution in [2.75, 3.05) is 11.5 Å². The summed E-state index contributed by atoms with van der Waals surface area (Å²) < 4.78 is 0.787. The molecule has 0 saturated heterocycles. The summed E-state index contributed by atoms with van der Waals surface area (Å²) in [7, 11) is 0. The molecule has 1 aromatic rings. The molecule has 1 aromatic heterocycles. The van der Waals surface area contributed by atoms with E-state index in [0.29, 0.717) is 11.5 Å². The van der Waals surface area contributed by atoms with E-state index in [1.54, 1.807) is 12.3 Å². The van der Waals surface area contributed by atoms with Gasteiger partial charge in [-0.1, -0.05) is 0 Å². The minimum absolute atomic E-state index is 0.365. The molecule has 0 aromatic carbocycles. The van der Waals surface area contributed by atoms with Crippen LogP contribution in [0.15, 0.2) is 16.7 Å². The van der Waals surface area contributed by atoms with Crippen LogP contribution in [0.3, 0.4) is 0 Å². The molecule has 0 unspecified atom stereocenters. The fraction of sp³-hybridized carbons (Fsp3) is 0. The third-order valence-electron chi connectivity index (χ3n) is 0.968. The van der Waals surface area contributed by atoms with Gasteiger partial charge in [-0.2, -0.15) is 0 Å². The van der Waals surface area contributed by atoms with Crippen molar-refractivity contribution in [2.24, 2.45) is 0 Å². The predicted molar refractivity (Wildman–Crippen MR) is 40.8 cm³/mol. The van der Waals surface area contributed by atoms with Gasteiger partial charge < -0.3 is 11.5 Å². The van der Waals surface area contributed by atoms with Crippen molar-refractivity contribution in [3.63, 3.8) is 0 Å². The SMILES string of the molecule is Nc1nccc(Br)c1N. The quantitative estimate of drug-likeness (QED) is 0.638. The lowest BCUT2D eigenvalue weighted by molar-refractivity contribution is 1.33. The second-order valence-electron chi connectivity index (χ2n) is 1.59. The summed E-state index contributed by atoms with van der Waals surface area (Å²) in [4.78, 5) is 3.76. The molecule has 0 atom stereocenters. The Kier molecular flexibility index (Phi) is 1.57. The van der Waals surface area contributed by atoms with Gasteiger partial charge in [0.05, 0.1) is 5.69 Å². The first-order valence-electron chi connectivity index (χ1n) is 2.37. The van der Waals surface area contributed by atoms with E-state index in [2.05, 4.69) is 20.9 Å². The Morgan fingerprint density at radius 2 is 2.11 bits per heavy atom. The highest BCUT2D eigenvalue weighted by Crippen LogP contribution is 2.21. The van der Waals surface area contributed by atoms with Gasteiger partial charge in [0.15, 0.2) is 0 Å². The smallest absolute Gasteiger partial charge is 0.147 e. The molecule has 0 aliphatic rings. The van der Waals surface area contributed by atoms with Crippen LogP contribution in [-0.2, 0) is 0 Å². The average molecular weight is 188 g/mol. The predicted octanol–water partition coefficient (Wildman–Crippen LogP) is 1.01. The Bertz CT molecular complexity index is 203. The van der Waals surface area contributed by atoms with Crippen LogP contribution in [0.1, 0.15) is 0 Å². The molecule has 0 bridgehead atoms. The molecule has 3 nitrogen and oxygen atoms in total. The van der Waals surface area contributed by atoms with Gasteiger partial charge >= 0.3 is 0 Å². The molecule has 0 spiro atoms. The first kappa shape index (κ1) is 6.35. The normalized spacial score (nSPS) is 9.44. The average Bonchev–Trinajstić information content (AvgIpc) is 1.83. The lowest BCUT2D eigenvalue weighted by Crippen LogP contribution is -1.97. The van der Waals surface area contributed by atoms with E-state index in [1.165, 1.54) is 0 Å². The van der Waals surface area contributed by atoms with Crippen molar-refractivity contribution in [1.82, 2.24) is 4.98 Å². The van der Waals surface area contributed by atoms with Crippen LogP contribution in [0.5, 0.6) is 0 Å². The maximum Gasteiger partial charge on any atom is 0.147 e. The zero-order valence-corrected chi connectivity index (χ0v) is 6.22. The van der Waals surface area contributed by atoms with E-state index in [-0.39, 0.29) is 0 Å². The van der Waals surface area contributed by atoms with Gasteiger partial charge in [-0.05, 0) is 22.0 Å². The van der Waals surface area contributed by atoms with Crippen LogP contribution in [0.25, 0.3) is 0 Å². The van der Waals surface area contributed by atoms with Crippen molar-refractivity contribution in [1.29, 1.82) is 0 Å². The van der Waals surface area contributed by atoms with E-state index < -0.39 is 0 Å². The molecule has 0 amide bonds. The number of pyridine rings is 1. The summed E-state index contributed by atoms with van der Waals surface area (Å²) in [5, 5.41) is 0. The van der Waals surface area contributed by atoms with Gasteiger partial charge in [-0.3, -0.25) is 0 Å². The summed E-state index contributed by atoms with van der Waals surface area (Å²) in [6, 6.07) is 1.74. The number of hydrogen-bond acceptors (Lipinski definition) is 3. The summed E-state index contributed by atoms with van der Waals surface area (Å²) in [6.45, 7) is 0. The molecule has 4 N–H and O–H groups in total. The molecule has 48 valence electrons. The number of halogens is 1. The van der Waals surface area contributed by atoms with Crippen LogP contribution >= 0.6 is 15.9 Å². The van der Waals surface area contributed by atoms with Gasteiger partial charge in [0, 0.05) is 10.7 Å². The topological polar surface area (TPSA) is 64.9 Å². The second kappa shape index (κ2) is 2.23. The monoisotopic (exact) mass is 187 g/mol. The number of aromatic nitrogens is 1. The molecule has 4 heteroatoms. The lowest BCUT2D eigenvalue weighted by Gasteiger charge is -1.98.